The molecule has 0 aromatic carbocycles. The Balaban J connectivity index is 0.00000190. The number of anilines is 1. The van der Waals surface area contributed by atoms with Crippen molar-refractivity contribution >= 4 is 65.1 Å². The number of nitrogens with one attached hydrogen (secondary N) is 2. The molecular weight excluding hydrogens is 542 g/mol. The molecule has 0 saturated carbocycles. The Kier molecular flexibility index (Phi) is 9.88. The summed E-state index contributed by atoms with van der Waals surface area (Å²) in [5.41, 5.74) is 2.71. The van der Waals surface area contributed by atoms with Gasteiger partial charge in [-0.2, -0.15) is 0 Å². The Morgan fingerprint density at radius 3 is 2.78 bits per heavy atom. The highest BCUT2D eigenvalue weighted by Crippen LogP contribution is 2.29. The van der Waals surface area contributed by atoms with Gasteiger partial charge in [0.1, 0.15) is 10.8 Å². The molecule has 0 radical (unpaired) electrons. The number of aromatic nitrogens is 3. The first-order valence-corrected chi connectivity index (χ1v) is 12.4. The van der Waals surface area contributed by atoms with E-state index in [0.29, 0.717) is 52.4 Å². The number of likely N-dealkylation sites (tertiary alicyclic amines) is 1. The lowest BCUT2D eigenvalue weighted by Gasteiger charge is -2.32. The topological polar surface area (TPSA) is 109 Å². The number of piperidine rings is 1. The summed E-state index contributed by atoms with van der Waals surface area (Å²) in [4.78, 5) is 39.5. The molecule has 2 aliphatic heterocycles. The summed E-state index contributed by atoms with van der Waals surface area (Å²) in [6, 6.07) is 5.21. The van der Waals surface area contributed by atoms with Gasteiger partial charge in [-0.3, -0.25) is 14.6 Å². The normalized spacial score (nSPS) is 15.7. The lowest BCUT2D eigenvalue weighted by Crippen LogP contribution is -2.45. The molecule has 5 heterocycles. The van der Waals surface area contributed by atoms with Crippen LogP contribution < -0.4 is 15.4 Å². The molecule has 0 atom stereocenters. The number of pyridine rings is 3. The van der Waals surface area contributed by atoms with Gasteiger partial charge in [-0.25, -0.2) is 14.4 Å². The Labute approximate surface area is 230 Å². The van der Waals surface area contributed by atoms with Gasteiger partial charge in [0.2, 0.25) is 11.8 Å². The van der Waals surface area contributed by atoms with E-state index in [1.165, 1.54) is 25.1 Å². The van der Waals surface area contributed by atoms with E-state index in [4.69, 9.17) is 4.74 Å². The van der Waals surface area contributed by atoms with Gasteiger partial charge in [0, 0.05) is 43.5 Å². The van der Waals surface area contributed by atoms with E-state index in [9.17, 15) is 14.0 Å². The van der Waals surface area contributed by atoms with Crippen molar-refractivity contribution in [1.82, 2.24) is 25.2 Å². The third-order valence-corrected chi connectivity index (χ3v) is 7.28. The number of nitrogens with zero attached hydrogens (tertiary/aromatic N) is 4. The Hall–Kier alpha value is -2.73. The molecule has 2 aliphatic rings. The van der Waals surface area contributed by atoms with Crippen LogP contribution in [0.2, 0.25) is 0 Å². The predicted molar refractivity (Wildman–Crippen MR) is 145 cm³/mol. The average molecular weight is 569 g/mol. The molecule has 9 nitrogen and oxygen atoms in total. The first-order valence-electron chi connectivity index (χ1n) is 11.4. The van der Waals surface area contributed by atoms with Crippen LogP contribution in [-0.2, 0) is 11.2 Å². The minimum Gasteiger partial charge on any atom is -0.481 e. The van der Waals surface area contributed by atoms with Gasteiger partial charge >= 0.3 is 0 Å². The maximum Gasteiger partial charge on any atom is 0.253 e. The summed E-state index contributed by atoms with van der Waals surface area (Å²) in [7, 11) is 1.53. The van der Waals surface area contributed by atoms with Crippen LogP contribution in [0.4, 0.5) is 10.1 Å². The molecule has 2 N–H and O–H groups in total. The molecule has 198 valence electrons. The monoisotopic (exact) mass is 568 g/mol. The van der Waals surface area contributed by atoms with Gasteiger partial charge in [-0.15, -0.1) is 24.8 Å². The zero-order chi connectivity index (χ0) is 24.4. The number of halogens is 3. The summed E-state index contributed by atoms with van der Waals surface area (Å²) in [6.07, 6.45) is 4.88. The number of fused-ring (bicyclic) bond motifs is 2. The van der Waals surface area contributed by atoms with Crippen molar-refractivity contribution < 1.29 is 18.7 Å². The highest BCUT2D eigenvalue weighted by Gasteiger charge is 2.23. The molecule has 0 aliphatic carbocycles. The molecule has 37 heavy (non-hydrogen) atoms. The standard InChI is InChI=1S/C24H25FN6O3S.2ClH/c1-34-21-3-2-18-22(30-21)16(17(25)12-26-18)6-9-31-7-4-15(5-8-31)28-23(33)14-10-19-24(27-11-14)35-13-20(32)29-19;;/h2-3,10-12,15H,4-9,13H2,1H3,(H,28,33)(H,29,32);2*1H. The highest BCUT2D eigenvalue weighted by atomic mass is 35.5. The number of methoxy groups -OCH3 is 1. The summed E-state index contributed by atoms with van der Waals surface area (Å²) in [6.45, 7) is 2.27. The van der Waals surface area contributed by atoms with Gasteiger partial charge in [0.25, 0.3) is 5.91 Å². The van der Waals surface area contributed by atoms with Gasteiger partial charge in [0.05, 0.1) is 41.3 Å². The predicted octanol–water partition coefficient (Wildman–Crippen LogP) is 3.50. The number of carbonyl (C=O) groups excluding carboxylic acids is 2. The third-order valence-electron chi connectivity index (χ3n) is 6.28. The van der Waals surface area contributed by atoms with E-state index in [1.807, 2.05) is 0 Å². The van der Waals surface area contributed by atoms with Crippen LogP contribution in [0.1, 0.15) is 28.8 Å². The van der Waals surface area contributed by atoms with Crippen molar-refractivity contribution in [2.24, 2.45) is 0 Å². The summed E-state index contributed by atoms with van der Waals surface area (Å²) in [5, 5.41) is 6.56. The third kappa shape index (κ3) is 6.59. The fourth-order valence-corrected chi connectivity index (χ4v) is 5.10. The molecule has 1 saturated heterocycles. The van der Waals surface area contributed by atoms with Crippen LogP contribution in [0.25, 0.3) is 11.0 Å². The lowest BCUT2D eigenvalue weighted by molar-refractivity contribution is -0.113. The zero-order valence-corrected chi connectivity index (χ0v) is 22.5. The summed E-state index contributed by atoms with van der Waals surface area (Å²) < 4.78 is 19.8. The molecule has 0 bridgehead atoms. The van der Waals surface area contributed by atoms with Crippen molar-refractivity contribution in [2.75, 3.05) is 37.8 Å². The smallest absolute Gasteiger partial charge is 0.253 e. The van der Waals surface area contributed by atoms with Gasteiger partial charge in [-0.1, -0.05) is 11.8 Å². The van der Waals surface area contributed by atoms with E-state index in [1.54, 1.807) is 24.4 Å². The van der Waals surface area contributed by atoms with Gasteiger partial charge in [0.15, 0.2) is 0 Å². The molecule has 1 fully saturated rings. The number of hydrogen-bond donors (Lipinski definition) is 2. The minimum absolute atomic E-state index is 0. The van der Waals surface area contributed by atoms with Gasteiger partial charge in [-0.05, 0) is 31.4 Å². The van der Waals surface area contributed by atoms with Crippen molar-refractivity contribution in [2.45, 2.75) is 30.3 Å². The fraction of sp³-hybridized carbons (Fsp3) is 0.375. The summed E-state index contributed by atoms with van der Waals surface area (Å²) in [5.74, 6) is 0.100. The fourth-order valence-electron chi connectivity index (χ4n) is 4.37. The average Bonchev–Trinajstić information content (AvgIpc) is 2.88. The van der Waals surface area contributed by atoms with Crippen molar-refractivity contribution in [3.05, 3.63) is 47.5 Å². The van der Waals surface area contributed by atoms with E-state index < -0.39 is 0 Å². The van der Waals surface area contributed by atoms with E-state index in [-0.39, 0.29) is 48.5 Å². The molecule has 2 amide bonds. The molecule has 0 unspecified atom stereocenters. The number of rotatable bonds is 6. The van der Waals surface area contributed by atoms with E-state index in [2.05, 4.69) is 30.5 Å². The van der Waals surface area contributed by atoms with Crippen LogP contribution >= 0.6 is 36.6 Å². The van der Waals surface area contributed by atoms with Crippen LogP contribution in [0, 0.1) is 5.82 Å². The quantitative estimate of drug-likeness (QED) is 0.465. The van der Waals surface area contributed by atoms with Gasteiger partial charge < -0.3 is 20.3 Å². The van der Waals surface area contributed by atoms with Crippen LogP contribution in [0.5, 0.6) is 5.88 Å². The SMILES string of the molecule is COc1ccc2ncc(F)c(CCN3CCC(NC(=O)c4cnc5c(c4)NC(=O)CS5)CC3)c2n1.Cl.Cl. The maximum atomic E-state index is 14.6. The molecule has 3 aromatic rings. The van der Waals surface area contributed by atoms with E-state index in [0.717, 1.165) is 31.0 Å². The lowest BCUT2D eigenvalue weighted by atomic mass is 10.0. The van der Waals surface area contributed by atoms with Crippen LogP contribution in [0.15, 0.2) is 35.6 Å². The molecule has 13 heteroatoms. The second kappa shape index (κ2) is 12.7. The van der Waals surface area contributed by atoms with Crippen LogP contribution in [-0.4, -0.2) is 70.2 Å². The number of hydrogen-bond acceptors (Lipinski definition) is 8. The molecular formula is C24H27Cl2FN6O3S. The van der Waals surface area contributed by atoms with E-state index >= 15 is 0 Å². The zero-order valence-electron chi connectivity index (χ0n) is 20.0. The van der Waals surface area contributed by atoms with Crippen LogP contribution in [0.3, 0.4) is 0 Å². The maximum absolute atomic E-state index is 14.6. The molecule has 5 rings (SSSR count). The number of amides is 2. The second-order valence-corrected chi connectivity index (χ2v) is 9.52. The number of ether oxygens (including phenoxy) is 1. The number of thioether (sulfide) groups is 1. The Morgan fingerprint density at radius 2 is 2.03 bits per heavy atom. The second-order valence-electron chi connectivity index (χ2n) is 8.56. The first-order chi connectivity index (χ1) is 17.0. The highest BCUT2D eigenvalue weighted by molar-refractivity contribution is 8.00. The Bertz CT molecular complexity index is 1290. The first kappa shape index (κ1) is 28.8. The minimum atomic E-state index is -0.367. The molecule has 0 spiro atoms. The largest absolute Gasteiger partial charge is 0.481 e. The van der Waals surface area contributed by atoms with Crippen molar-refractivity contribution in [3.63, 3.8) is 0 Å². The van der Waals surface area contributed by atoms with Crippen molar-refractivity contribution in [1.29, 1.82) is 0 Å². The van der Waals surface area contributed by atoms with Crippen molar-refractivity contribution in [3.8, 4) is 5.88 Å². The Morgan fingerprint density at radius 1 is 1.24 bits per heavy atom. The summed E-state index contributed by atoms with van der Waals surface area (Å²) >= 11 is 1.36. The number of carbonyl (C=O) groups is 2. The molecule has 3 aromatic heterocycles.